The summed E-state index contributed by atoms with van der Waals surface area (Å²) < 4.78 is 28.0. The fraction of sp³-hybridized carbons (Fsp3) is 0.167. The molecule has 3 aromatic rings. The standard InChI is InChI=1S/C18H20N4O3S/c1-25-17-4-2-3-15-16(9-10-20-18(15)17)22-13-5-7-14(8-6-13)26(19,24)21-11-12-23/h2-10,23H,11-12H2,1H3,(H,20,22)(H2,19,21,24)/t26-/m1/s1. The summed E-state index contributed by atoms with van der Waals surface area (Å²) in [5, 5.41) is 13.0. The van der Waals surface area contributed by atoms with Crippen LogP contribution in [-0.2, 0) is 9.92 Å². The van der Waals surface area contributed by atoms with Gasteiger partial charge in [0.25, 0.3) is 0 Å². The van der Waals surface area contributed by atoms with Gasteiger partial charge in [-0.1, -0.05) is 12.1 Å². The molecule has 0 aliphatic carbocycles. The van der Waals surface area contributed by atoms with Gasteiger partial charge in [-0.05, 0) is 36.4 Å². The van der Waals surface area contributed by atoms with Crippen LogP contribution in [0.1, 0.15) is 0 Å². The van der Waals surface area contributed by atoms with Crippen LogP contribution in [-0.4, -0.2) is 34.6 Å². The molecular formula is C18H20N4O3S. The van der Waals surface area contributed by atoms with E-state index < -0.39 is 9.92 Å². The highest BCUT2D eigenvalue weighted by atomic mass is 32.2. The van der Waals surface area contributed by atoms with Gasteiger partial charge >= 0.3 is 0 Å². The van der Waals surface area contributed by atoms with Gasteiger partial charge < -0.3 is 15.2 Å². The van der Waals surface area contributed by atoms with E-state index in [-0.39, 0.29) is 13.2 Å². The smallest absolute Gasteiger partial charge is 0.145 e. The van der Waals surface area contributed by atoms with E-state index in [1.54, 1.807) is 37.6 Å². The lowest BCUT2D eigenvalue weighted by atomic mass is 10.1. The number of nitrogens with zero attached hydrogens (tertiary/aromatic N) is 1. The van der Waals surface area contributed by atoms with E-state index in [1.807, 2.05) is 24.3 Å². The van der Waals surface area contributed by atoms with Gasteiger partial charge in [0.1, 0.15) is 21.2 Å². The number of aliphatic hydroxyl groups excluding tert-OH is 1. The minimum atomic E-state index is -3.12. The lowest BCUT2D eigenvalue weighted by Gasteiger charge is -2.12. The molecule has 7 nitrogen and oxygen atoms in total. The van der Waals surface area contributed by atoms with Crippen molar-refractivity contribution < 1.29 is 14.1 Å². The lowest BCUT2D eigenvalue weighted by Crippen LogP contribution is -2.25. The number of ether oxygens (including phenoxy) is 1. The van der Waals surface area contributed by atoms with Crippen molar-refractivity contribution in [3.63, 3.8) is 0 Å². The summed E-state index contributed by atoms with van der Waals surface area (Å²) in [6.45, 7) is -0.0682. The first-order valence-corrected chi connectivity index (χ1v) is 9.54. The molecule has 0 aliphatic heterocycles. The number of aliphatic hydroxyl groups is 1. The molecule has 4 N–H and O–H groups in total. The predicted octanol–water partition coefficient (Wildman–Crippen LogP) is 2.89. The second-order valence-corrected chi connectivity index (χ2v) is 7.41. The summed E-state index contributed by atoms with van der Waals surface area (Å²) in [4.78, 5) is 4.73. The van der Waals surface area contributed by atoms with Crippen molar-refractivity contribution in [3.05, 3.63) is 54.7 Å². The Morgan fingerprint density at radius 1 is 1.19 bits per heavy atom. The third-order valence-electron chi connectivity index (χ3n) is 3.84. The molecule has 0 spiro atoms. The van der Waals surface area contributed by atoms with Gasteiger partial charge in [-0.25, -0.2) is 13.7 Å². The molecule has 0 aliphatic rings. The highest BCUT2D eigenvalue weighted by Gasteiger charge is 2.10. The van der Waals surface area contributed by atoms with Gasteiger partial charge in [-0.2, -0.15) is 0 Å². The Kier molecular flexibility index (Phi) is 5.36. The summed E-state index contributed by atoms with van der Waals surface area (Å²) in [5.74, 6) is 0.699. The highest BCUT2D eigenvalue weighted by Crippen LogP contribution is 2.30. The Balaban J connectivity index is 1.87. The topological polar surface area (TPSA) is 107 Å². The number of rotatable bonds is 7. The van der Waals surface area contributed by atoms with Crippen molar-refractivity contribution in [2.75, 3.05) is 25.6 Å². The monoisotopic (exact) mass is 372 g/mol. The third-order valence-corrected chi connectivity index (χ3v) is 5.38. The van der Waals surface area contributed by atoms with Crippen LogP contribution in [0.3, 0.4) is 0 Å². The van der Waals surface area contributed by atoms with Crippen LogP contribution in [0.2, 0.25) is 0 Å². The van der Waals surface area contributed by atoms with E-state index in [0.717, 1.165) is 22.3 Å². The number of hydrogen-bond acceptors (Lipinski definition) is 6. The van der Waals surface area contributed by atoms with Gasteiger partial charge in [-0.15, -0.1) is 0 Å². The Morgan fingerprint density at radius 3 is 2.65 bits per heavy atom. The average Bonchev–Trinajstić information content (AvgIpc) is 2.66. The summed E-state index contributed by atoms with van der Waals surface area (Å²) in [6.07, 6.45) is 1.71. The van der Waals surface area contributed by atoms with E-state index in [4.69, 9.17) is 14.6 Å². The molecule has 26 heavy (non-hydrogen) atoms. The number of fused-ring (bicyclic) bond motifs is 1. The maximum Gasteiger partial charge on any atom is 0.145 e. The minimum Gasteiger partial charge on any atom is -0.494 e. The number of para-hydroxylation sites is 1. The quantitative estimate of drug-likeness (QED) is 0.510. The molecule has 8 heteroatoms. The first kappa shape index (κ1) is 18.1. The number of aromatic nitrogens is 1. The third kappa shape index (κ3) is 3.77. The molecule has 1 atom stereocenters. The van der Waals surface area contributed by atoms with E-state index in [0.29, 0.717) is 10.6 Å². The second kappa shape index (κ2) is 7.69. The number of anilines is 2. The van der Waals surface area contributed by atoms with Gasteiger partial charge in [0.05, 0.1) is 18.6 Å². The maximum absolute atomic E-state index is 12.3. The first-order valence-electron chi connectivity index (χ1n) is 7.98. The Morgan fingerprint density at radius 2 is 1.96 bits per heavy atom. The summed E-state index contributed by atoms with van der Waals surface area (Å²) in [7, 11) is -1.51. The largest absolute Gasteiger partial charge is 0.494 e. The fourth-order valence-corrected chi connectivity index (χ4v) is 3.65. The van der Waals surface area contributed by atoms with E-state index in [9.17, 15) is 4.21 Å². The Hall–Kier alpha value is -2.68. The lowest BCUT2D eigenvalue weighted by molar-refractivity contribution is 0.301. The Bertz CT molecular complexity index is 1000. The number of benzene rings is 2. The molecule has 1 aromatic heterocycles. The van der Waals surface area contributed by atoms with E-state index in [2.05, 4.69) is 15.0 Å². The number of hydrogen-bond donors (Lipinski definition) is 4. The van der Waals surface area contributed by atoms with Crippen molar-refractivity contribution in [3.8, 4) is 5.75 Å². The zero-order valence-electron chi connectivity index (χ0n) is 14.2. The van der Waals surface area contributed by atoms with Gasteiger partial charge in [0, 0.05) is 29.5 Å². The summed E-state index contributed by atoms with van der Waals surface area (Å²) in [6, 6.07) is 14.4. The predicted molar refractivity (Wildman–Crippen MR) is 102 cm³/mol. The van der Waals surface area contributed by atoms with Gasteiger partial charge in [-0.3, -0.25) is 4.98 Å². The number of methoxy groups -OCH3 is 1. The zero-order chi connectivity index (χ0) is 18.6. The fourth-order valence-electron chi connectivity index (χ4n) is 2.58. The summed E-state index contributed by atoms with van der Waals surface area (Å²) in [5.41, 5.74) is 2.42. The van der Waals surface area contributed by atoms with Crippen LogP contribution in [0.5, 0.6) is 5.75 Å². The number of pyridine rings is 1. The van der Waals surface area contributed by atoms with Crippen molar-refractivity contribution >= 4 is 32.2 Å². The second-order valence-electron chi connectivity index (χ2n) is 5.54. The van der Waals surface area contributed by atoms with Crippen LogP contribution in [0.25, 0.3) is 10.9 Å². The Labute approximate surface area is 152 Å². The minimum absolute atomic E-state index is 0.104. The molecule has 3 rings (SSSR count). The SMILES string of the molecule is COc1cccc2c(Nc3ccc([S@](=N)(=O)NCCO)cc3)ccnc12. The number of nitrogens with one attached hydrogen (secondary N) is 3. The molecule has 0 radical (unpaired) electrons. The molecular weight excluding hydrogens is 352 g/mol. The van der Waals surface area contributed by atoms with Gasteiger partial charge in [0.2, 0.25) is 0 Å². The van der Waals surface area contributed by atoms with Crippen molar-refractivity contribution in [1.29, 1.82) is 4.78 Å². The molecule has 136 valence electrons. The van der Waals surface area contributed by atoms with Crippen LogP contribution >= 0.6 is 0 Å². The van der Waals surface area contributed by atoms with Crippen LogP contribution in [0, 0.1) is 4.78 Å². The van der Waals surface area contributed by atoms with Crippen LogP contribution in [0.4, 0.5) is 11.4 Å². The molecule has 0 fully saturated rings. The molecule has 0 unspecified atom stereocenters. The first-order chi connectivity index (χ1) is 12.5. The van der Waals surface area contributed by atoms with Crippen LogP contribution in [0.15, 0.2) is 59.6 Å². The molecule has 0 bridgehead atoms. The zero-order valence-corrected chi connectivity index (χ0v) is 15.0. The molecule has 0 saturated heterocycles. The molecule has 0 amide bonds. The molecule has 2 aromatic carbocycles. The molecule has 0 saturated carbocycles. The summed E-state index contributed by atoms with van der Waals surface area (Å²) >= 11 is 0. The highest BCUT2D eigenvalue weighted by molar-refractivity contribution is 7.90. The van der Waals surface area contributed by atoms with Crippen molar-refractivity contribution in [2.45, 2.75) is 4.90 Å². The average molecular weight is 372 g/mol. The normalized spacial score (nSPS) is 13.3. The van der Waals surface area contributed by atoms with Crippen molar-refractivity contribution in [1.82, 2.24) is 9.71 Å². The maximum atomic E-state index is 12.3. The van der Waals surface area contributed by atoms with Crippen LogP contribution < -0.4 is 14.8 Å². The van der Waals surface area contributed by atoms with Crippen molar-refractivity contribution in [2.24, 2.45) is 0 Å². The van der Waals surface area contributed by atoms with E-state index >= 15 is 0 Å². The van der Waals surface area contributed by atoms with Gasteiger partial charge in [0.15, 0.2) is 0 Å². The van der Waals surface area contributed by atoms with E-state index in [1.165, 1.54) is 0 Å². The molecule has 1 heterocycles.